The molecule has 0 aliphatic heterocycles. The van der Waals surface area contributed by atoms with Crippen molar-refractivity contribution in [3.63, 3.8) is 0 Å². The number of aromatic nitrogens is 1. The molecule has 0 aliphatic rings. The zero-order valence-electron chi connectivity index (χ0n) is 13.8. The van der Waals surface area contributed by atoms with E-state index in [0.29, 0.717) is 16.1 Å². The Labute approximate surface area is 140 Å². The van der Waals surface area contributed by atoms with Crippen molar-refractivity contribution in [3.8, 4) is 0 Å². The van der Waals surface area contributed by atoms with E-state index in [2.05, 4.69) is 4.98 Å². The fourth-order valence-electron chi connectivity index (χ4n) is 2.29. The smallest absolute Gasteiger partial charge is 0.313 e. The largest absolute Gasteiger partial charge is 0.460 e. The Morgan fingerprint density at radius 1 is 1.17 bits per heavy atom. The number of fused-ring (bicyclic) bond motifs is 1. The van der Waals surface area contributed by atoms with Gasteiger partial charge in [-0.15, -0.1) is 0 Å². The molecule has 0 aliphatic carbocycles. The lowest BCUT2D eigenvalue weighted by atomic mass is 10.0. The number of halogens is 1. The van der Waals surface area contributed by atoms with Crippen molar-refractivity contribution >= 4 is 34.3 Å². The number of aryl methyl sites for hydroxylation is 1. The zero-order chi connectivity index (χ0) is 17.2. The Kier molecular flexibility index (Phi) is 5.05. The topological polar surface area (TPSA) is 56.3 Å². The van der Waals surface area contributed by atoms with Crippen molar-refractivity contribution in [1.29, 1.82) is 0 Å². The van der Waals surface area contributed by atoms with Gasteiger partial charge in [0, 0.05) is 28.1 Å². The molecule has 0 amide bonds. The first-order valence-corrected chi connectivity index (χ1v) is 7.82. The van der Waals surface area contributed by atoms with Crippen molar-refractivity contribution in [2.45, 2.75) is 46.1 Å². The molecule has 0 N–H and O–H groups in total. The molecule has 1 heterocycles. The van der Waals surface area contributed by atoms with Crippen LogP contribution in [0, 0.1) is 6.92 Å². The second kappa shape index (κ2) is 6.67. The lowest BCUT2D eigenvalue weighted by Crippen LogP contribution is -2.25. The number of Topliss-reactive ketones (excluding diaryl/α,β-unsaturated/α-hetero) is 1. The van der Waals surface area contributed by atoms with Crippen molar-refractivity contribution in [1.82, 2.24) is 4.98 Å². The minimum absolute atomic E-state index is 0.0614. The average molecular weight is 334 g/mol. The monoisotopic (exact) mass is 333 g/mol. The fourth-order valence-corrected chi connectivity index (χ4v) is 2.51. The molecule has 4 nitrogen and oxygen atoms in total. The number of pyridine rings is 1. The Hall–Kier alpha value is -1.94. The van der Waals surface area contributed by atoms with E-state index in [0.717, 1.165) is 11.1 Å². The van der Waals surface area contributed by atoms with Crippen LogP contribution < -0.4 is 0 Å². The lowest BCUT2D eigenvalue weighted by Gasteiger charge is -2.19. The van der Waals surface area contributed by atoms with Gasteiger partial charge in [-0.05, 0) is 39.8 Å². The Balaban J connectivity index is 2.21. The highest BCUT2D eigenvalue weighted by Crippen LogP contribution is 2.26. The minimum atomic E-state index is -0.604. The Morgan fingerprint density at radius 2 is 1.83 bits per heavy atom. The molecular weight excluding hydrogens is 314 g/mol. The van der Waals surface area contributed by atoms with Gasteiger partial charge in [0.1, 0.15) is 17.8 Å². The Morgan fingerprint density at radius 3 is 2.48 bits per heavy atom. The van der Waals surface area contributed by atoms with Crippen molar-refractivity contribution in [2.24, 2.45) is 0 Å². The van der Waals surface area contributed by atoms with E-state index in [-0.39, 0.29) is 18.6 Å². The quantitative estimate of drug-likeness (QED) is 0.626. The van der Waals surface area contributed by atoms with Gasteiger partial charge in [-0.1, -0.05) is 23.7 Å². The predicted molar refractivity (Wildman–Crippen MR) is 90.7 cm³/mol. The summed E-state index contributed by atoms with van der Waals surface area (Å²) in [6, 6.07) is 7.46. The maximum absolute atomic E-state index is 12.2. The number of esters is 1. The Bertz CT molecular complexity index is 757. The summed E-state index contributed by atoms with van der Waals surface area (Å²) in [6.07, 6.45) is -0.207. The molecule has 0 atom stereocenters. The summed E-state index contributed by atoms with van der Waals surface area (Å²) in [5.74, 6) is -0.764. The standard InChI is InChI=1S/C18H20ClNO3/c1-11-5-6-12-7-8-15(19)14(17(12)20-11)9-13(21)10-16(22)23-18(2,3)4/h5-8H,9-10H2,1-4H3. The molecule has 0 saturated heterocycles. The van der Waals surface area contributed by atoms with Gasteiger partial charge >= 0.3 is 5.97 Å². The van der Waals surface area contributed by atoms with Crippen LogP contribution in [0.3, 0.4) is 0 Å². The maximum Gasteiger partial charge on any atom is 0.313 e. The van der Waals surface area contributed by atoms with Crippen LogP contribution in [0.5, 0.6) is 0 Å². The van der Waals surface area contributed by atoms with Crippen LogP contribution >= 0.6 is 11.6 Å². The normalized spacial score (nSPS) is 11.5. The number of hydrogen-bond donors (Lipinski definition) is 0. The minimum Gasteiger partial charge on any atom is -0.460 e. The summed E-state index contributed by atoms with van der Waals surface area (Å²) >= 11 is 6.23. The number of ether oxygens (including phenoxy) is 1. The third-order valence-corrected chi connectivity index (χ3v) is 3.54. The third kappa shape index (κ3) is 4.76. The number of carbonyl (C=O) groups excluding carboxylic acids is 2. The highest BCUT2D eigenvalue weighted by atomic mass is 35.5. The van der Waals surface area contributed by atoms with Gasteiger partial charge in [0.2, 0.25) is 0 Å². The van der Waals surface area contributed by atoms with E-state index in [9.17, 15) is 9.59 Å². The van der Waals surface area contributed by atoms with Crippen LogP contribution in [0.4, 0.5) is 0 Å². The van der Waals surface area contributed by atoms with Gasteiger partial charge in [0.15, 0.2) is 0 Å². The van der Waals surface area contributed by atoms with E-state index in [4.69, 9.17) is 16.3 Å². The van der Waals surface area contributed by atoms with E-state index >= 15 is 0 Å². The molecular formula is C18H20ClNO3. The summed E-state index contributed by atoms with van der Waals surface area (Å²) in [5, 5.41) is 1.40. The van der Waals surface area contributed by atoms with Crippen molar-refractivity contribution in [2.75, 3.05) is 0 Å². The van der Waals surface area contributed by atoms with E-state index in [1.807, 2.05) is 25.1 Å². The predicted octanol–water partition coefficient (Wildman–Crippen LogP) is 4.04. The second-order valence-electron chi connectivity index (χ2n) is 6.53. The van der Waals surface area contributed by atoms with Crippen LogP contribution in [0.25, 0.3) is 10.9 Å². The number of carbonyl (C=O) groups is 2. The number of rotatable bonds is 4. The first-order valence-electron chi connectivity index (χ1n) is 7.44. The number of benzene rings is 1. The average Bonchev–Trinajstić information content (AvgIpc) is 2.40. The molecule has 5 heteroatoms. The number of nitrogens with zero attached hydrogens (tertiary/aromatic N) is 1. The van der Waals surface area contributed by atoms with Crippen LogP contribution in [-0.4, -0.2) is 22.3 Å². The molecule has 0 fully saturated rings. The van der Waals surface area contributed by atoms with Gasteiger partial charge in [-0.2, -0.15) is 0 Å². The van der Waals surface area contributed by atoms with E-state index in [1.165, 1.54) is 0 Å². The van der Waals surface area contributed by atoms with Gasteiger partial charge < -0.3 is 4.74 Å². The lowest BCUT2D eigenvalue weighted by molar-refractivity contribution is -0.156. The number of hydrogen-bond acceptors (Lipinski definition) is 4. The molecule has 1 aromatic carbocycles. The summed E-state index contributed by atoms with van der Waals surface area (Å²) in [4.78, 5) is 28.4. The molecule has 0 unspecified atom stereocenters. The first-order chi connectivity index (χ1) is 10.7. The highest BCUT2D eigenvalue weighted by molar-refractivity contribution is 6.32. The SMILES string of the molecule is Cc1ccc2ccc(Cl)c(CC(=O)CC(=O)OC(C)(C)C)c2n1. The first kappa shape index (κ1) is 17.4. The van der Waals surface area contributed by atoms with E-state index < -0.39 is 11.6 Å². The van der Waals surface area contributed by atoms with Crippen molar-refractivity contribution < 1.29 is 14.3 Å². The zero-order valence-corrected chi connectivity index (χ0v) is 14.5. The van der Waals surface area contributed by atoms with Crippen molar-refractivity contribution in [3.05, 3.63) is 40.5 Å². The maximum atomic E-state index is 12.2. The van der Waals surface area contributed by atoms with Crippen LogP contribution in [0.15, 0.2) is 24.3 Å². The summed E-state index contributed by atoms with van der Waals surface area (Å²) in [7, 11) is 0. The molecule has 0 radical (unpaired) electrons. The van der Waals surface area contributed by atoms with Gasteiger partial charge in [-0.25, -0.2) is 0 Å². The molecule has 0 saturated carbocycles. The molecule has 2 aromatic rings. The molecule has 23 heavy (non-hydrogen) atoms. The van der Waals surface area contributed by atoms with Gasteiger partial charge in [0.25, 0.3) is 0 Å². The molecule has 0 bridgehead atoms. The molecule has 0 spiro atoms. The molecule has 122 valence electrons. The fraction of sp³-hybridized carbons (Fsp3) is 0.389. The number of ketones is 1. The van der Waals surface area contributed by atoms with Gasteiger partial charge in [0.05, 0.1) is 5.52 Å². The van der Waals surface area contributed by atoms with Crippen LogP contribution in [-0.2, 0) is 20.7 Å². The highest BCUT2D eigenvalue weighted by Gasteiger charge is 2.20. The van der Waals surface area contributed by atoms with Gasteiger partial charge in [-0.3, -0.25) is 14.6 Å². The summed E-state index contributed by atoms with van der Waals surface area (Å²) in [5.41, 5.74) is 1.60. The molecule has 1 aromatic heterocycles. The summed E-state index contributed by atoms with van der Waals surface area (Å²) in [6.45, 7) is 7.18. The van der Waals surface area contributed by atoms with Crippen LogP contribution in [0.2, 0.25) is 5.02 Å². The summed E-state index contributed by atoms with van der Waals surface area (Å²) < 4.78 is 5.17. The third-order valence-electron chi connectivity index (χ3n) is 3.18. The second-order valence-corrected chi connectivity index (χ2v) is 6.94. The molecule has 2 rings (SSSR count). The van der Waals surface area contributed by atoms with E-state index in [1.54, 1.807) is 26.8 Å². The van der Waals surface area contributed by atoms with Crippen LogP contribution in [0.1, 0.15) is 38.4 Å².